The normalized spacial score (nSPS) is 26.9. The van der Waals surface area contributed by atoms with Crippen molar-refractivity contribution in [3.63, 3.8) is 0 Å². The van der Waals surface area contributed by atoms with E-state index in [1.54, 1.807) is 0 Å². The van der Waals surface area contributed by atoms with Gasteiger partial charge in [0.25, 0.3) is 5.56 Å². The van der Waals surface area contributed by atoms with Crippen LogP contribution in [0.3, 0.4) is 0 Å². The van der Waals surface area contributed by atoms with Crippen molar-refractivity contribution in [1.29, 1.82) is 0 Å². The average Bonchev–Trinajstić information content (AvgIpc) is 3.16. The minimum absolute atomic E-state index is 0.0980. The summed E-state index contributed by atoms with van der Waals surface area (Å²) < 4.78 is 30.7. The standard InChI is InChI=1S/C16H27N4O7PSi/c1-16(2,3)29(4,5)27-11-9(6-21)25-15(12(11)26-28(23)24)20-8-19-10-13(20)17-7-18-14(10)22/h7-9,11-12,15,21,28H,6H2,1-5H3,(H,23,24)(H,17,18,22)/t9-,11-,12-,15-/m1/s1. The lowest BCUT2D eigenvalue weighted by molar-refractivity contribution is -0.0480. The van der Waals surface area contributed by atoms with Crippen LogP contribution in [0.2, 0.25) is 18.1 Å². The first-order chi connectivity index (χ1) is 13.5. The molecule has 0 amide bonds. The van der Waals surface area contributed by atoms with Gasteiger partial charge in [0, 0.05) is 0 Å². The van der Waals surface area contributed by atoms with E-state index in [2.05, 4.69) is 35.7 Å². The van der Waals surface area contributed by atoms with Crippen molar-refractivity contribution in [2.24, 2.45) is 0 Å². The third-order valence-corrected chi connectivity index (χ3v) is 10.5. The molecule has 162 valence electrons. The van der Waals surface area contributed by atoms with Crippen molar-refractivity contribution in [3.8, 4) is 0 Å². The molecule has 3 rings (SSSR count). The second kappa shape index (κ2) is 8.03. The quantitative estimate of drug-likeness (QED) is 0.439. The number of hydrogen-bond donors (Lipinski definition) is 3. The highest BCUT2D eigenvalue weighted by molar-refractivity contribution is 7.32. The number of H-pyrrole nitrogens is 1. The van der Waals surface area contributed by atoms with Crippen molar-refractivity contribution in [3.05, 3.63) is 23.0 Å². The summed E-state index contributed by atoms with van der Waals surface area (Å²) >= 11 is 0. The van der Waals surface area contributed by atoms with Crippen molar-refractivity contribution in [2.75, 3.05) is 6.61 Å². The third-order valence-electron chi connectivity index (χ3n) is 5.58. The molecule has 13 heteroatoms. The molecule has 1 unspecified atom stereocenters. The average molecular weight is 446 g/mol. The predicted molar refractivity (Wildman–Crippen MR) is 107 cm³/mol. The zero-order valence-corrected chi connectivity index (χ0v) is 18.9. The lowest BCUT2D eigenvalue weighted by Crippen LogP contribution is -2.50. The predicted octanol–water partition coefficient (Wildman–Crippen LogP) is 1.17. The maximum absolute atomic E-state index is 12.0. The van der Waals surface area contributed by atoms with Crippen LogP contribution in [0, 0.1) is 0 Å². The molecular formula is C16H27N4O7PSi. The molecule has 2 aromatic heterocycles. The van der Waals surface area contributed by atoms with E-state index in [1.807, 2.05) is 13.1 Å². The Balaban J connectivity index is 2.04. The van der Waals surface area contributed by atoms with E-state index in [-0.39, 0.29) is 22.8 Å². The van der Waals surface area contributed by atoms with E-state index < -0.39 is 46.7 Å². The Morgan fingerprint density at radius 3 is 2.62 bits per heavy atom. The Bertz CT molecular complexity index is 957. The topological polar surface area (TPSA) is 149 Å². The smallest absolute Gasteiger partial charge is 0.317 e. The molecule has 0 aliphatic carbocycles. The molecule has 29 heavy (non-hydrogen) atoms. The first-order valence-corrected chi connectivity index (χ1v) is 13.4. The van der Waals surface area contributed by atoms with Crippen LogP contribution in [0.1, 0.15) is 27.0 Å². The van der Waals surface area contributed by atoms with Gasteiger partial charge in [-0.3, -0.25) is 18.5 Å². The van der Waals surface area contributed by atoms with Crippen molar-refractivity contribution >= 4 is 27.7 Å². The molecular weight excluding hydrogens is 419 g/mol. The number of nitrogens with one attached hydrogen (secondary N) is 1. The number of aromatic amines is 1. The van der Waals surface area contributed by atoms with Crippen LogP contribution in [0.15, 0.2) is 17.4 Å². The van der Waals surface area contributed by atoms with Gasteiger partial charge in [0.1, 0.15) is 18.3 Å². The van der Waals surface area contributed by atoms with Gasteiger partial charge in [-0.25, -0.2) is 9.97 Å². The van der Waals surface area contributed by atoms with Crippen LogP contribution < -0.4 is 5.56 Å². The molecule has 11 nitrogen and oxygen atoms in total. The Morgan fingerprint density at radius 1 is 1.34 bits per heavy atom. The fourth-order valence-electron chi connectivity index (χ4n) is 3.03. The lowest BCUT2D eigenvalue weighted by Gasteiger charge is -2.40. The van der Waals surface area contributed by atoms with E-state index in [1.165, 1.54) is 17.2 Å². The van der Waals surface area contributed by atoms with Gasteiger partial charge in [0.15, 0.2) is 25.7 Å². The highest BCUT2D eigenvalue weighted by Crippen LogP contribution is 2.44. The summed E-state index contributed by atoms with van der Waals surface area (Å²) in [6, 6.07) is 0. The number of imidazole rings is 1. The van der Waals surface area contributed by atoms with E-state index in [0.717, 1.165) is 0 Å². The van der Waals surface area contributed by atoms with E-state index in [4.69, 9.17) is 13.7 Å². The maximum atomic E-state index is 12.0. The van der Waals surface area contributed by atoms with Crippen molar-refractivity contribution < 1.29 is 28.3 Å². The zero-order valence-electron chi connectivity index (χ0n) is 16.9. The number of ether oxygens (including phenoxy) is 1. The minimum atomic E-state index is -3.35. The fraction of sp³-hybridized carbons (Fsp3) is 0.688. The van der Waals surface area contributed by atoms with Crippen LogP contribution in [-0.4, -0.2) is 62.8 Å². The van der Waals surface area contributed by atoms with Crippen molar-refractivity contribution in [2.45, 2.75) is 63.4 Å². The third kappa shape index (κ3) is 4.24. The first kappa shape index (κ1) is 22.3. The second-order valence-corrected chi connectivity index (χ2v) is 14.0. The van der Waals surface area contributed by atoms with Gasteiger partial charge in [-0.15, -0.1) is 0 Å². The van der Waals surface area contributed by atoms with Gasteiger partial charge in [0.05, 0.1) is 19.3 Å². The molecule has 1 saturated heterocycles. The van der Waals surface area contributed by atoms with Crippen LogP contribution >= 0.6 is 8.25 Å². The van der Waals surface area contributed by atoms with Gasteiger partial charge in [-0.2, -0.15) is 0 Å². The first-order valence-electron chi connectivity index (χ1n) is 9.20. The minimum Gasteiger partial charge on any atom is -0.408 e. The highest BCUT2D eigenvalue weighted by Gasteiger charge is 2.52. The zero-order chi connectivity index (χ0) is 21.6. The molecule has 1 fully saturated rings. The number of rotatable bonds is 6. The van der Waals surface area contributed by atoms with E-state index >= 15 is 0 Å². The number of aliphatic hydroxyl groups excluding tert-OH is 1. The van der Waals surface area contributed by atoms with Crippen LogP contribution in [0.5, 0.6) is 0 Å². The van der Waals surface area contributed by atoms with Gasteiger partial charge in [-0.05, 0) is 18.1 Å². The molecule has 1 aliphatic rings. The number of nitrogens with zero attached hydrogens (tertiary/aromatic N) is 3. The molecule has 1 aliphatic heterocycles. The summed E-state index contributed by atoms with van der Waals surface area (Å²) in [4.78, 5) is 32.1. The Labute approximate surface area is 169 Å². The van der Waals surface area contributed by atoms with E-state index in [0.29, 0.717) is 0 Å². The van der Waals surface area contributed by atoms with Gasteiger partial charge in [-0.1, -0.05) is 20.8 Å². The summed E-state index contributed by atoms with van der Waals surface area (Å²) in [5.74, 6) is 0. The molecule has 0 radical (unpaired) electrons. The number of aliphatic hydroxyl groups is 1. The SMILES string of the molecule is CC(C)(C)[Si](C)(C)O[C@H]1[C@@H](O[PH](=O)O)[C@H](n2cnc3c(=O)[nH]cnc32)O[C@@H]1CO. The summed E-state index contributed by atoms with van der Waals surface area (Å²) in [7, 11) is -5.69. The van der Waals surface area contributed by atoms with Crippen molar-refractivity contribution in [1.82, 2.24) is 19.5 Å². The molecule has 0 bridgehead atoms. The van der Waals surface area contributed by atoms with Gasteiger partial charge >= 0.3 is 8.25 Å². The highest BCUT2D eigenvalue weighted by atomic mass is 31.1. The fourth-order valence-corrected chi connectivity index (χ4v) is 4.83. The van der Waals surface area contributed by atoms with Gasteiger partial charge < -0.3 is 24.1 Å². The Hall–Kier alpha value is -1.40. The number of hydrogen-bond acceptors (Lipinski definition) is 8. The second-order valence-electron chi connectivity index (χ2n) is 8.49. The molecule has 0 spiro atoms. The summed E-state index contributed by atoms with van der Waals surface area (Å²) in [5.41, 5.74) is -0.0943. The summed E-state index contributed by atoms with van der Waals surface area (Å²) in [6.07, 6.45) is -0.953. The van der Waals surface area contributed by atoms with Crippen LogP contribution in [0.25, 0.3) is 11.2 Å². The van der Waals surface area contributed by atoms with Gasteiger partial charge in [0.2, 0.25) is 0 Å². The lowest BCUT2D eigenvalue weighted by atomic mass is 10.1. The van der Waals surface area contributed by atoms with Crippen LogP contribution in [-0.2, 0) is 18.3 Å². The molecule has 3 N–H and O–H groups in total. The summed E-state index contributed by atoms with van der Waals surface area (Å²) in [5, 5.41) is 9.75. The monoisotopic (exact) mass is 446 g/mol. The molecule has 3 heterocycles. The molecule has 0 aromatic carbocycles. The van der Waals surface area contributed by atoms with E-state index in [9.17, 15) is 19.4 Å². The summed E-state index contributed by atoms with van der Waals surface area (Å²) in [6.45, 7) is 9.87. The molecule has 5 atom stereocenters. The Kier molecular flexibility index (Phi) is 6.17. The largest absolute Gasteiger partial charge is 0.408 e. The maximum Gasteiger partial charge on any atom is 0.317 e. The number of fused-ring (bicyclic) bond motifs is 1. The molecule has 0 saturated carbocycles. The molecule has 2 aromatic rings. The number of aromatic nitrogens is 4. The Morgan fingerprint density at radius 2 is 2.03 bits per heavy atom. The van der Waals surface area contributed by atoms with Crippen LogP contribution in [0.4, 0.5) is 0 Å².